The van der Waals surface area contributed by atoms with Crippen LogP contribution in [0.1, 0.15) is 6.42 Å². The lowest BCUT2D eigenvalue weighted by Crippen LogP contribution is -2.27. The van der Waals surface area contributed by atoms with Crippen molar-refractivity contribution in [3.05, 3.63) is 12.2 Å². The van der Waals surface area contributed by atoms with E-state index >= 15 is 0 Å². The first kappa shape index (κ1) is 10.3. The van der Waals surface area contributed by atoms with Crippen LogP contribution in [0, 0.1) is 0 Å². The van der Waals surface area contributed by atoms with Crippen molar-refractivity contribution in [1.82, 2.24) is 5.32 Å². The fraction of sp³-hybridized carbons (Fsp3) is 0.571. The summed E-state index contributed by atoms with van der Waals surface area (Å²) in [7, 11) is 0. The Bertz CT molecular complexity index is 125. The lowest BCUT2D eigenvalue weighted by atomic mass is 10.4. The third-order valence-electron chi connectivity index (χ3n) is 1.04. The molecular formula is C7H13NO3. The number of aliphatic hydroxyl groups excluding tert-OH is 2. The summed E-state index contributed by atoms with van der Waals surface area (Å²) in [6.07, 6.45) is 3.23. The van der Waals surface area contributed by atoms with Gasteiger partial charge in [0.25, 0.3) is 0 Å². The van der Waals surface area contributed by atoms with Gasteiger partial charge in [-0.3, -0.25) is 5.32 Å². The van der Waals surface area contributed by atoms with E-state index in [4.69, 9.17) is 10.2 Å². The third kappa shape index (κ3) is 7.18. The van der Waals surface area contributed by atoms with Crippen LogP contribution in [-0.2, 0) is 4.79 Å². The number of aldehydes is 1. The van der Waals surface area contributed by atoms with E-state index in [0.717, 1.165) is 6.29 Å². The number of hydrogen-bond donors (Lipinski definition) is 3. The molecule has 0 heterocycles. The van der Waals surface area contributed by atoms with E-state index in [2.05, 4.69) is 5.32 Å². The van der Waals surface area contributed by atoms with Crippen molar-refractivity contribution in [3.8, 4) is 0 Å². The molecule has 0 radical (unpaired) electrons. The fourth-order valence-corrected chi connectivity index (χ4v) is 0.548. The highest BCUT2D eigenvalue weighted by Crippen LogP contribution is 1.80. The maximum atomic E-state index is 9.82. The largest absolute Gasteiger partial charge is 0.392 e. The summed E-state index contributed by atoms with van der Waals surface area (Å²) in [6.45, 7) is 0.354. The molecule has 64 valence electrons. The molecule has 1 atom stereocenters. The van der Waals surface area contributed by atoms with Crippen molar-refractivity contribution >= 4 is 6.29 Å². The van der Waals surface area contributed by atoms with Gasteiger partial charge in [0.05, 0.1) is 6.61 Å². The maximum absolute atomic E-state index is 9.82. The number of carbonyl (C=O) groups excluding carboxylic acids is 1. The minimum absolute atomic E-state index is 0.0909. The lowest BCUT2D eigenvalue weighted by Gasteiger charge is -2.05. The summed E-state index contributed by atoms with van der Waals surface area (Å²) in [5.41, 5.74) is 0. The van der Waals surface area contributed by atoms with Crippen molar-refractivity contribution in [2.75, 3.05) is 13.2 Å². The van der Waals surface area contributed by atoms with E-state index in [-0.39, 0.29) is 6.61 Å². The molecule has 0 aliphatic rings. The van der Waals surface area contributed by atoms with E-state index in [0.29, 0.717) is 13.0 Å². The summed E-state index contributed by atoms with van der Waals surface area (Å²) >= 11 is 0. The SMILES string of the molecule is O=CCCNC(O)/C=C\CO. The Morgan fingerprint density at radius 3 is 2.82 bits per heavy atom. The smallest absolute Gasteiger partial charge is 0.124 e. The van der Waals surface area contributed by atoms with E-state index in [1.807, 2.05) is 0 Å². The number of aliphatic hydroxyl groups is 2. The van der Waals surface area contributed by atoms with Gasteiger partial charge in [-0.25, -0.2) is 0 Å². The average Bonchev–Trinajstić information content (AvgIpc) is 2.01. The summed E-state index contributed by atoms with van der Waals surface area (Å²) in [6, 6.07) is 0. The van der Waals surface area contributed by atoms with Gasteiger partial charge in [0.2, 0.25) is 0 Å². The van der Waals surface area contributed by atoms with Gasteiger partial charge in [-0.05, 0) is 6.08 Å². The number of hydrogen-bond acceptors (Lipinski definition) is 4. The third-order valence-corrected chi connectivity index (χ3v) is 1.04. The van der Waals surface area contributed by atoms with Crippen LogP contribution in [-0.4, -0.2) is 35.9 Å². The predicted octanol–water partition coefficient (Wildman–Crippen LogP) is -0.968. The van der Waals surface area contributed by atoms with Gasteiger partial charge in [0.15, 0.2) is 0 Å². The Morgan fingerprint density at radius 1 is 1.55 bits per heavy atom. The number of rotatable bonds is 6. The fourth-order valence-electron chi connectivity index (χ4n) is 0.548. The quantitative estimate of drug-likeness (QED) is 0.202. The van der Waals surface area contributed by atoms with Gasteiger partial charge >= 0.3 is 0 Å². The molecule has 0 aromatic rings. The first-order valence-corrected chi connectivity index (χ1v) is 3.44. The second-order valence-electron chi connectivity index (χ2n) is 1.97. The van der Waals surface area contributed by atoms with E-state index in [9.17, 15) is 4.79 Å². The monoisotopic (exact) mass is 159 g/mol. The first-order chi connectivity index (χ1) is 5.31. The Morgan fingerprint density at radius 2 is 2.27 bits per heavy atom. The predicted molar refractivity (Wildman–Crippen MR) is 40.9 cm³/mol. The Hall–Kier alpha value is -0.710. The van der Waals surface area contributed by atoms with Crippen LogP contribution in [0.4, 0.5) is 0 Å². The van der Waals surface area contributed by atoms with Crippen LogP contribution in [0.15, 0.2) is 12.2 Å². The second kappa shape index (κ2) is 7.40. The molecule has 0 rings (SSSR count). The zero-order valence-corrected chi connectivity index (χ0v) is 6.23. The molecule has 0 saturated carbocycles. The molecule has 4 heteroatoms. The summed E-state index contributed by atoms with van der Waals surface area (Å²) in [4.78, 5) is 9.82. The highest BCUT2D eigenvalue weighted by atomic mass is 16.3. The zero-order chi connectivity index (χ0) is 8.53. The van der Waals surface area contributed by atoms with Crippen molar-refractivity contribution in [2.24, 2.45) is 0 Å². The van der Waals surface area contributed by atoms with Gasteiger partial charge in [-0.2, -0.15) is 0 Å². The molecule has 0 amide bonds. The van der Waals surface area contributed by atoms with Gasteiger partial charge in [0.1, 0.15) is 12.5 Å². The van der Waals surface area contributed by atoms with Crippen LogP contribution in [0.5, 0.6) is 0 Å². The van der Waals surface area contributed by atoms with Gasteiger partial charge < -0.3 is 15.0 Å². The molecule has 0 aliphatic heterocycles. The first-order valence-electron chi connectivity index (χ1n) is 3.44. The summed E-state index contributed by atoms with van der Waals surface area (Å²) < 4.78 is 0. The van der Waals surface area contributed by atoms with Crippen LogP contribution in [0.3, 0.4) is 0 Å². The molecule has 0 fully saturated rings. The Balaban J connectivity index is 3.28. The van der Waals surface area contributed by atoms with E-state index in [1.165, 1.54) is 12.2 Å². The molecular weight excluding hydrogens is 146 g/mol. The highest BCUT2D eigenvalue weighted by Gasteiger charge is 1.94. The Kier molecular flexibility index (Phi) is 6.92. The van der Waals surface area contributed by atoms with Gasteiger partial charge in [-0.1, -0.05) is 6.08 Å². The molecule has 0 saturated heterocycles. The van der Waals surface area contributed by atoms with Crippen molar-refractivity contribution in [1.29, 1.82) is 0 Å². The summed E-state index contributed by atoms with van der Waals surface area (Å²) in [5.74, 6) is 0. The number of carbonyl (C=O) groups is 1. The minimum Gasteiger partial charge on any atom is -0.392 e. The molecule has 0 spiro atoms. The zero-order valence-electron chi connectivity index (χ0n) is 6.23. The van der Waals surface area contributed by atoms with Crippen molar-refractivity contribution in [2.45, 2.75) is 12.6 Å². The Labute approximate surface area is 65.5 Å². The van der Waals surface area contributed by atoms with Gasteiger partial charge in [0, 0.05) is 13.0 Å². The van der Waals surface area contributed by atoms with Crippen LogP contribution >= 0.6 is 0 Å². The molecule has 3 N–H and O–H groups in total. The van der Waals surface area contributed by atoms with Crippen molar-refractivity contribution in [3.63, 3.8) is 0 Å². The molecule has 0 aromatic carbocycles. The van der Waals surface area contributed by atoms with Crippen LogP contribution in [0.2, 0.25) is 0 Å². The maximum Gasteiger partial charge on any atom is 0.124 e. The molecule has 4 nitrogen and oxygen atoms in total. The van der Waals surface area contributed by atoms with E-state index in [1.54, 1.807) is 0 Å². The average molecular weight is 159 g/mol. The molecule has 0 aliphatic carbocycles. The van der Waals surface area contributed by atoms with Crippen LogP contribution < -0.4 is 5.32 Å². The molecule has 0 aromatic heterocycles. The van der Waals surface area contributed by atoms with Gasteiger partial charge in [-0.15, -0.1) is 0 Å². The molecule has 0 bridgehead atoms. The lowest BCUT2D eigenvalue weighted by molar-refractivity contribution is -0.107. The highest BCUT2D eigenvalue weighted by molar-refractivity contribution is 5.49. The summed E-state index contributed by atoms with van der Waals surface area (Å²) in [5, 5.41) is 19.9. The van der Waals surface area contributed by atoms with Crippen LogP contribution in [0.25, 0.3) is 0 Å². The number of nitrogens with one attached hydrogen (secondary N) is 1. The minimum atomic E-state index is -0.776. The topological polar surface area (TPSA) is 69.6 Å². The molecule has 11 heavy (non-hydrogen) atoms. The normalized spacial score (nSPS) is 13.6. The van der Waals surface area contributed by atoms with E-state index < -0.39 is 6.23 Å². The second-order valence-corrected chi connectivity index (χ2v) is 1.97. The van der Waals surface area contributed by atoms with Crippen molar-refractivity contribution < 1.29 is 15.0 Å². The molecule has 1 unspecified atom stereocenters. The standard InChI is InChI=1S/C7H13NO3/c9-5-1-3-7(11)8-4-2-6-10/h1,3,6-9,11H,2,4-5H2/b3-1-.